The lowest BCUT2D eigenvalue weighted by Crippen LogP contribution is -2.63. The number of nitrogens with one attached hydrogen (secondary N) is 1. The summed E-state index contributed by atoms with van der Waals surface area (Å²) < 4.78 is 19.5. The first kappa shape index (κ1) is 29.5. The van der Waals surface area contributed by atoms with E-state index >= 15 is 0 Å². The van der Waals surface area contributed by atoms with Crippen LogP contribution < -0.4 is 5.32 Å². The highest BCUT2D eigenvalue weighted by Crippen LogP contribution is 2.73. The number of amides is 1. The van der Waals surface area contributed by atoms with Crippen molar-refractivity contribution in [1.82, 2.24) is 10.2 Å². The first-order valence-electron chi connectivity index (χ1n) is 16.1. The van der Waals surface area contributed by atoms with Gasteiger partial charge < -0.3 is 29.5 Å². The fraction of sp³-hybridized carbons (Fsp3) is 0.714. The van der Waals surface area contributed by atoms with Gasteiger partial charge in [-0.25, -0.2) is 0 Å². The van der Waals surface area contributed by atoms with Gasteiger partial charge >= 0.3 is 5.97 Å². The van der Waals surface area contributed by atoms with E-state index in [9.17, 15) is 14.7 Å². The second-order valence-electron chi connectivity index (χ2n) is 15.5. The maximum Gasteiger partial charge on any atom is 0.302 e. The zero-order valence-electron chi connectivity index (χ0n) is 26.6. The average Bonchev–Trinajstić information content (AvgIpc) is 3.55. The Kier molecular flexibility index (Phi) is 6.59. The van der Waals surface area contributed by atoms with E-state index in [0.29, 0.717) is 18.6 Å². The van der Waals surface area contributed by atoms with Crippen LogP contribution in [-0.4, -0.2) is 84.7 Å². The van der Waals surface area contributed by atoms with E-state index in [1.807, 2.05) is 30.3 Å². The third-order valence-corrected chi connectivity index (χ3v) is 13.3. The number of fused-ring (bicyclic) bond motifs is 7. The Morgan fingerprint density at radius 1 is 1.14 bits per heavy atom. The quantitative estimate of drug-likeness (QED) is 0.303. The predicted octanol–water partition coefficient (Wildman–Crippen LogP) is 3.97. The number of esters is 1. The van der Waals surface area contributed by atoms with Crippen LogP contribution in [0.25, 0.3) is 0 Å². The Morgan fingerprint density at radius 3 is 2.53 bits per heavy atom. The van der Waals surface area contributed by atoms with Gasteiger partial charge in [-0.15, -0.1) is 0 Å². The van der Waals surface area contributed by atoms with Crippen molar-refractivity contribution in [2.24, 2.45) is 34.0 Å². The molecule has 1 aromatic carbocycles. The molecule has 2 bridgehead atoms. The molecule has 43 heavy (non-hydrogen) atoms. The molecule has 2 saturated heterocycles. The number of benzene rings is 1. The number of rotatable bonds is 5. The summed E-state index contributed by atoms with van der Waals surface area (Å²) in [6.45, 7) is 11.1. The number of aliphatic hydroxyl groups excluding tert-OH is 1. The third-order valence-electron chi connectivity index (χ3n) is 13.3. The minimum atomic E-state index is -0.498. The molecule has 1 spiro atoms. The van der Waals surface area contributed by atoms with E-state index in [0.717, 1.165) is 19.3 Å². The molecule has 13 atom stereocenters. The van der Waals surface area contributed by atoms with Crippen LogP contribution in [-0.2, 0) is 19.0 Å². The Morgan fingerprint density at radius 2 is 1.86 bits per heavy atom. The zero-order valence-corrected chi connectivity index (χ0v) is 26.6. The van der Waals surface area contributed by atoms with Gasteiger partial charge in [-0.3, -0.25) is 9.59 Å². The molecule has 5 fully saturated rings. The topological polar surface area (TPSA) is 101 Å². The second kappa shape index (κ2) is 9.62. The van der Waals surface area contributed by atoms with Crippen molar-refractivity contribution in [2.45, 2.75) is 102 Å². The molecule has 6 aliphatic rings. The fourth-order valence-electron chi connectivity index (χ4n) is 11.0. The highest BCUT2D eigenvalue weighted by atomic mass is 16.6. The lowest BCUT2D eigenvalue weighted by Gasteiger charge is -2.54. The molecule has 0 radical (unpaired) electrons. The van der Waals surface area contributed by atoms with E-state index < -0.39 is 23.2 Å². The Balaban J connectivity index is 1.28. The van der Waals surface area contributed by atoms with Gasteiger partial charge in [0.25, 0.3) is 5.91 Å². The number of hydrogen-bond acceptors (Lipinski definition) is 7. The van der Waals surface area contributed by atoms with E-state index in [1.54, 1.807) is 0 Å². The number of carbonyl (C=O) groups is 2. The minimum Gasteiger partial charge on any atom is -0.462 e. The fourth-order valence-corrected chi connectivity index (χ4v) is 11.0. The highest BCUT2D eigenvalue weighted by Gasteiger charge is 2.81. The molecule has 2 heterocycles. The van der Waals surface area contributed by atoms with Crippen molar-refractivity contribution in [3.8, 4) is 0 Å². The Hall–Kier alpha value is -2.26. The molecule has 1 aromatic rings. The smallest absolute Gasteiger partial charge is 0.302 e. The van der Waals surface area contributed by atoms with Gasteiger partial charge in [-0.05, 0) is 69.2 Å². The molecular weight excluding hydrogens is 544 g/mol. The monoisotopic (exact) mass is 592 g/mol. The molecule has 4 aliphatic carbocycles. The largest absolute Gasteiger partial charge is 0.462 e. The van der Waals surface area contributed by atoms with Gasteiger partial charge in [-0.1, -0.05) is 50.6 Å². The number of ether oxygens (including phenoxy) is 3. The van der Waals surface area contributed by atoms with Crippen LogP contribution in [0.2, 0.25) is 0 Å². The van der Waals surface area contributed by atoms with Gasteiger partial charge in [-0.2, -0.15) is 0 Å². The van der Waals surface area contributed by atoms with Crippen LogP contribution in [0.1, 0.15) is 70.7 Å². The van der Waals surface area contributed by atoms with Crippen LogP contribution in [0, 0.1) is 34.0 Å². The van der Waals surface area contributed by atoms with Gasteiger partial charge in [0.15, 0.2) is 0 Å². The summed E-state index contributed by atoms with van der Waals surface area (Å²) >= 11 is 0. The first-order chi connectivity index (χ1) is 20.3. The van der Waals surface area contributed by atoms with Crippen LogP contribution in [0.4, 0.5) is 0 Å². The minimum absolute atomic E-state index is 0.111. The zero-order chi connectivity index (χ0) is 30.7. The van der Waals surface area contributed by atoms with Gasteiger partial charge in [0.05, 0.1) is 18.8 Å². The van der Waals surface area contributed by atoms with E-state index in [2.05, 4.69) is 58.1 Å². The van der Waals surface area contributed by atoms with Gasteiger partial charge in [0.2, 0.25) is 0 Å². The van der Waals surface area contributed by atoms with Crippen LogP contribution in [0.5, 0.6) is 0 Å². The van der Waals surface area contributed by atoms with E-state index in [4.69, 9.17) is 14.2 Å². The van der Waals surface area contributed by atoms with Crippen molar-refractivity contribution in [1.29, 1.82) is 0 Å². The molecule has 2 aliphatic heterocycles. The normalized spacial score (nSPS) is 48.2. The van der Waals surface area contributed by atoms with Crippen molar-refractivity contribution >= 4 is 11.9 Å². The molecule has 8 heteroatoms. The summed E-state index contributed by atoms with van der Waals surface area (Å²) in [6, 6.07) is 9.25. The molecule has 3 saturated carbocycles. The Bertz CT molecular complexity index is 1350. The maximum absolute atomic E-state index is 13.4. The third kappa shape index (κ3) is 3.95. The molecule has 1 amide bonds. The first-order valence-corrected chi connectivity index (χ1v) is 16.1. The number of nitrogens with zero attached hydrogens (tertiary/aromatic N) is 1. The number of allylic oxidation sites excluding steroid dienone is 1. The average molecular weight is 593 g/mol. The van der Waals surface area contributed by atoms with Crippen LogP contribution >= 0.6 is 0 Å². The summed E-state index contributed by atoms with van der Waals surface area (Å²) in [4.78, 5) is 28.4. The lowest BCUT2D eigenvalue weighted by atomic mass is 9.51. The van der Waals surface area contributed by atoms with E-state index in [1.165, 1.54) is 12.5 Å². The highest BCUT2D eigenvalue weighted by molar-refractivity contribution is 5.94. The number of hydrogen-bond donors (Lipinski definition) is 2. The molecule has 0 aromatic heterocycles. The second-order valence-corrected chi connectivity index (χ2v) is 15.5. The molecular formula is C35H48N2O6. The Labute approximate surface area is 255 Å². The molecule has 8 nitrogen and oxygen atoms in total. The van der Waals surface area contributed by atoms with Crippen molar-refractivity contribution in [3.63, 3.8) is 0 Å². The SMILES string of the molecule is CC(=O)O[C@H]1C[C@@H]2C(=CC[C@]3(C)[C@@H]([C@H](C)N(C)C)[C@H](O)C[C@@]23C)C[C@@]23O[C@@H]2[C@H]2OC[C@](C)([C@H]2NC(=O)c2ccccc2)[C@H]13. The van der Waals surface area contributed by atoms with Gasteiger partial charge in [0.1, 0.15) is 23.9 Å². The van der Waals surface area contributed by atoms with Crippen molar-refractivity contribution < 1.29 is 28.9 Å². The van der Waals surface area contributed by atoms with E-state index in [-0.39, 0.29) is 64.8 Å². The number of aliphatic hydroxyl groups is 1. The summed E-state index contributed by atoms with van der Waals surface area (Å²) in [7, 11) is 4.20. The predicted molar refractivity (Wildman–Crippen MR) is 161 cm³/mol. The van der Waals surface area contributed by atoms with Gasteiger partial charge in [0, 0.05) is 42.2 Å². The summed E-state index contributed by atoms with van der Waals surface area (Å²) in [6.07, 6.45) is 4.28. The molecule has 234 valence electrons. The maximum atomic E-state index is 13.4. The van der Waals surface area contributed by atoms with Crippen molar-refractivity contribution in [3.05, 3.63) is 47.5 Å². The van der Waals surface area contributed by atoms with Crippen LogP contribution in [0.15, 0.2) is 42.0 Å². The number of epoxide rings is 1. The summed E-state index contributed by atoms with van der Waals surface area (Å²) in [5.74, 6) is -0.286. The molecule has 2 N–H and O–H groups in total. The molecule has 7 rings (SSSR count). The summed E-state index contributed by atoms with van der Waals surface area (Å²) in [5, 5.41) is 15.0. The number of carbonyl (C=O) groups excluding carboxylic acids is 2. The molecule has 0 unspecified atom stereocenters. The summed E-state index contributed by atoms with van der Waals surface area (Å²) in [5.41, 5.74) is 0.721. The van der Waals surface area contributed by atoms with Crippen molar-refractivity contribution in [2.75, 3.05) is 20.7 Å². The lowest BCUT2D eigenvalue weighted by molar-refractivity contribution is -0.157. The van der Waals surface area contributed by atoms with Crippen LogP contribution in [0.3, 0.4) is 0 Å². The standard InChI is InChI=1S/C35H48N2O6/c1-19(37(6)7)26-24(39)17-34(5)23-15-25(42-20(2)38)28-32(3)18-41-27(29(32)36-31(40)21-11-9-8-10-12-21)30-35(28,43-30)16-22(23)13-14-33(26,34)4/h8-13,19,23-30,39H,14-18H2,1-7H3,(H,36,40)/t19-,23+,24+,25-,26-,27-,28-,29-,30+,32-,33+,34-,35-/m0/s1.